The van der Waals surface area contributed by atoms with Gasteiger partial charge in [0.25, 0.3) is 5.91 Å². The first-order valence-corrected chi connectivity index (χ1v) is 10.9. The maximum Gasteiger partial charge on any atom is 0.255 e. The molecule has 1 N–H and O–H groups in total. The Morgan fingerprint density at radius 3 is 2.45 bits per heavy atom. The summed E-state index contributed by atoms with van der Waals surface area (Å²) in [5, 5.41) is 2.93. The zero-order chi connectivity index (χ0) is 20.2. The van der Waals surface area contributed by atoms with Gasteiger partial charge in [-0.25, -0.2) is 0 Å². The van der Waals surface area contributed by atoms with Crippen LogP contribution >= 0.6 is 11.8 Å². The third-order valence-corrected chi connectivity index (χ3v) is 6.06. The lowest BCUT2D eigenvalue weighted by Crippen LogP contribution is -2.31. The molecule has 0 saturated carbocycles. The number of rotatable bonds is 5. The Morgan fingerprint density at radius 1 is 0.966 bits per heavy atom. The minimum atomic E-state index is -0.266. The quantitative estimate of drug-likeness (QED) is 0.769. The SMILES string of the molecule is O=C(Nc1cccc(CN2CCSCC2)c1)c1cccc(N2C(=O)CCC2=O)c1. The molecule has 0 radical (unpaired) electrons. The van der Waals surface area contributed by atoms with Crippen molar-refractivity contribution < 1.29 is 14.4 Å². The van der Waals surface area contributed by atoms with Gasteiger partial charge in [-0.05, 0) is 35.9 Å². The van der Waals surface area contributed by atoms with Crippen LogP contribution in [0.15, 0.2) is 48.5 Å². The van der Waals surface area contributed by atoms with E-state index in [0.717, 1.165) is 47.3 Å². The Labute approximate surface area is 174 Å². The Hall–Kier alpha value is -2.64. The van der Waals surface area contributed by atoms with Crippen LogP contribution in [0.2, 0.25) is 0 Å². The number of anilines is 2. The van der Waals surface area contributed by atoms with Crippen molar-refractivity contribution in [2.75, 3.05) is 34.8 Å². The van der Waals surface area contributed by atoms with Crippen LogP contribution in [-0.4, -0.2) is 47.2 Å². The normalized spacial score (nSPS) is 17.6. The van der Waals surface area contributed by atoms with Gasteiger partial charge in [-0.3, -0.25) is 24.2 Å². The number of hydrogen-bond acceptors (Lipinski definition) is 5. The van der Waals surface area contributed by atoms with Crippen LogP contribution in [0.3, 0.4) is 0 Å². The molecule has 2 aromatic carbocycles. The second-order valence-electron chi connectivity index (χ2n) is 7.22. The molecule has 0 unspecified atom stereocenters. The number of benzene rings is 2. The van der Waals surface area contributed by atoms with Crippen molar-refractivity contribution in [2.45, 2.75) is 19.4 Å². The molecule has 3 amide bonds. The first-order valence-electron chi connectivity index (χ1n) is 9.76. The number of amides is 3. The first-order chi connectivity index (χ1) is 14.1. The number of nitrogens with one attached hydrogen (secondary N) is 1. The lowest BCUT2D eigenvalue weighted by Gasteiger charge is -2.26. The van der Waals surface area contributed by atoms with E-state index in [0.29, 0.717) is 11.3 Å². The Bertz CT molecular complexity index is 924. The number of nitrogens with zero attached hydrogens (tertiary/aromatic N) is 2. The molecule has 2 fully saturated rings. The van der Waals surface area contributed by atoms with Gasteiger partial charge >= 0.3 is 0 Å². The lowest BCUT2D eigenvalue weighted by atomic mass is 10.1. The third kappa shape index (κ3) is 4.68. The number of carbonyl (C=O) groups is 3. The molecule has 0 spiro atoms. The second kappa shape index (κ2) is 8.80. The molecular formula is C22H23N3O3S. The highest BCUT2D eigenvalue weighted by Crippen LogP contribution is 2.24. The van der Waals surface area contributed by atoms with Gasteiger partial charge in [0.15, 0.2) is 0 Å². The van der Waals surface area contributed by atoms with E-state index >= 15 is 0 Å². The van der Waals surface area contributed by atoms with Gasteiger partial charge in [0.2, 0.25) is 11.8 Å². The minimum absolute atomic E-state index is 0.220. The molecule has 2 aliphatic rings. The molecular weight excluding hydrogens is 386 g/mol. The summed E-state index contributed by atoms with van der Waals surface area (Å²) < 4.78 is 0. The van der Waals surface area contributed by atoms with Gasteiger partial charge in [0.05, 0.1) is 5.69 Å². The smallest absolute Gasteiger partial charge is 0.255 e. The summed E-state index contributed by atoms with van der Waals surface area (Å²) in [6.07, 6.45) is 0.440. The molecule has 6 nitrogen and oxygen atoms in total. The number of imide groups is 1. The molecule has 2 heterocycles. The number of carbonyl (C=O) groups excluding carboxylic acids is 3. The van der Waals surface area contributed by atoms with E-state index in [4.69, 9.17) is 0 Å². The molecule has 0 aromatic heterocycles. The predicted octanol–water partition coefficient (Wildman–Crippen LogP) is 3.14. The molecule has 150 valence electrons. The van der Waals surface area contributed by atoms with Crippen LogP contribution in [-0.2, 0) is 16.1 Å². The molecule has 2 aliphatic heterocycles. The van der Waals surface area contributed by atoms with E-state index in [2.05, 4.69) is 16.3 Å². The highest BCUT2D eigenvalue weighted by molar-refractivity contribution is 7.99. The molecule has 4 rings (SSSR count). The lowest BCUT2D eigenvalue weighted by molar-refractivity contribution is -0.121. The van der Waals surface area contributed by atoms with Crippen LogP contribution in [0.5, 0.6) is 0 Å². The van der Waals surface area contributed by atoms with Crippen molar-refractivity contribution in [1.82, 2.24) is 4.90 Å². The summed E-state index contributed by atoms with van der Waals surface area (Å²) in [7, 11) is 0. The van der Waals surface area contributed by atoms with E-state index in [1.165, 1.54) is 0 Å². The second-order valence-corrected chi connectivity index (χ2v) is 8.44. The van der Waals surface area contributed by atoms with Gasteiger partial charge in [-0.15, -0.1) is 0 Å². The van der Waals surface area contributed by atoms with Gasteiger partial charge in [0, 0.05) is 55.2 Å². The zero-order valence-electron chi connectivity index (χ0n) is 16.1. The number of hydrogen-bond donors (Lipinski definition) is 1. The average Bonchev–Trinajstić information content (AvgIpc) is 3.07. The minimum Gasteiger partial charge on any atom is -0.322 e. The van der Waals surface area contributed by atoms with Crippen molar-refractivity contribution in [3.8, 4) is 0 Å². The molecule has 2 saturated heterocycles. The van der Waals surface area contributed by atoms with Crippen molar-refractivity contribution in [3.63, 3.8) is 0 Å². The monoisotopic (exact) mass is 409 g/mol. The van der Waals surface area contributed by atoms with Gasteiger partial charge in [-0.1, -0.05) is 18.2 Å². The summed E-state index contributed by atoms with van der Waals surface area (Å²) in [6, 6.07) is 14.5. The summed E-state index contributed by atoms with van der Waals surface area (Å²) >= 11 is 1.98. The highest BCUT2D eigenvalue weighted by Gasteiger charge is 2.30. The van der Waals surface area contributed by atoms with Crippen molar-refractivity contribution in [1.29, 1.82) is 0 Å². The van der Waals surface area contributed by atoms with Crippen LogP contribution in [0.25, 0.3) is 0 Å². The van der Waals surface area contributed by atoms with E-state index in [1.54, 1.807) is 24.3 Å². The van der Waals surface area contributed by atoms with Crippen LogP contribution in [0.1, 0.15) is 28.8 Å². The Morgan fingerprint density at radius 2 is 1.69 bits per heavy atom. The van der Waals surface area contributed by atoms with E-state index in [9.17, 15) is 14.4 Å². The van der Waals surface area contributed by atoms with Crippen LogP contribution in [0, 0.1) is 0 Å². The van der Waals surface area contributed by atoms with Crippen LogP contribution < -0.4 is 10.2 Å². The Balaban J connectivity index is 1.45. The summed E-state index contributed by atoms with van der Waals surface area (Å²) in [5.41, 5.74) is 2.75. The highest BCUT2D eigenvalue weighted by atomic mass is 32.2. The summed E-state index contributed by atoms with van der Waals surface area (Å²) in [5.74, 6) is 1.61. The molecule has 0 aliphatic carbocycles. The van der Waals surface area contributed by atoms with Gasteiger partial charge in [0.1, 0.15) is 0 Å². The predicted molar refractivity (Wildman–Crippen MR) is 115 cm³/mol. The van der Waals surface area contributed by atoms with Crippen molar-refractivity contribution in [2.24, 2.45) is 0 Å². The summed E-state index contributed by atoms with van der Waals surface area (Å²) in [6.45, 7) is 3.04. The van der Waals surface area contributed by atoms with E-state index in [1.807, 2.05) is 30.0 Å². The zero-order valence-corrected chi connectivity index (χ0v) is 16.9. The Kier molecular flexibility index (Phi) is 5.97. The third-order valence-electron chi connectivity index (χ3n) is 5.11. The average molecular weight is 410 g/mol. The van der Waals surface area contributed by atoms with Crippen molar-refractivity contribution >= 4 is 40.9 Å². The molecule has 29 heavy (non-hydrogen) atoms. The van der Waals surface area contributed by atoms with E-state index in [-0.39, 0.29) is 30.6 Å². The van der Waals surface area contributed by atoms with E-state index < -0.39 is 0 Å². The van der Waals surface area contributed by atoms with Gasteiger partial charge < -0.3 is 5.32 Å². The van der Waals surface area contributed by atoms with Crippen molar-refractivity contribution in [3.05, 3.63) is 59.7 Å². The fourth-order valence-corrected chi connectivity index (χ4v) is 4.60. The van der Waals surface area contributed by atoms with Crippen LogP contribution in [0.4, 0.5) is 11.4 Å². The summed E-state index contributed by atoms with van der Waals surface area (Å²) in [4.78, 5) is 40.2. The maximum absolute atomic E-state index is 12.7. The molecule has 0 bridgehead atoms. The topological polar surface area (TPSA) is 69.7 Å². The first kappa shape index (κ1) is 19.7. The fraction of sp³-hybridized carbons (Fsp3) is 0.318. The number of thioether (sulfide) groups is 1. The largest absolute Gasteiger partial charge is 0.322 e. The fourth-order valence-electron chi connectivity index (χ4n) is 3.62. The maximum atomic E-state index is 12.7. The molecule has 2 aromatic rings. The molecule has 7 heteroatoms. The van der Waals surface area contributed by atoms with Gasteiger partial charge in [-0.2, -0.15) is 11.8 Å². The molecule has 0 atom stereocenters. The standard InChI is InChI=1S/C22H23N3O3S/c26-20-7-8-21(27)25(20)19-6-2-4-17(14-19)22(28)23-18-5-1-3-16(13-18)15-24-9-11-29-12-10-24/h1-6,13-14H,7-12,15H2,(H,23,28).